The number of hydrogen-bond acceptors (Lipinski definition) is 0. The number of alkyl halides is 3. The summed E-state index contributed by atoms with van der Waals surface area (Å²) in [6.45, 7) is 3.45. The van der Waals surface area contributed by atoms with Crippen LogP contribution in [0.1, 0.15) is 30.9 Å². The average molecular weight is 300 g/mol. The summed E-state index contributed by atoms with van der Waals surface area (Å²) in [6.07, 6.45) is -4.45. The molecule has 0 fully saturated rings. The van der Waals surface area contributed by atoms with Gasteiger partial charge in [-0.15, -0.1) is 0 Å². The van der Waals surface area contributed by atoms with Gasteiger partial charge >= 0.3 is 6.18 Å². The van der Waals surface area contributed by atoms with E-state index in [1.807, 2.05) is 0 Å². The molecule has 2 rings (SSSR count). The molecular weight excluding hydrogens is 287 g/mol. The van der Waals surface area contributed by atoms with Crippen LogP contribution in [-0.2, 0) is 6.18 Å². The van der Waals surface area contributed by atoms with E-state index in [9.17, 15) is 22.0 Å². The molecule has 0 bridgehead atoms. The van der Waals surface area contributed by atoms with Crippen LogP contribution >= 0.6 is 0 Å². The van der Waals surface area contributed by atoms with Crippen molar-refractivity contribution >= 4 is 0 Å². The Morgan fingerprint density at radius 1 is 0.857 bits per heavy atom. The lowest BCUT2D eigenvalue weighted by Crippen LogP contribution is -2.07. The van der Waals surface area contributed by atoms with Crippen molar-refractivity contribution in [2.24, 2.45) is 0 Å². The second kappa shape index (κ2) is 5.47. The molecule has 0 heterocycles. The van der Waals surface area contributed by atoms with Crippen molar-refractivity contribution in [2.45, 2.75) is 25.9 Å². The van der Waals surface area contributed by atoms with Gasteiger partial charge in [-0.2, -0.15) is 13.2 Å². The van der Waals surface area contributed by atoms with Crippen LogP contribution in [0.15, 0.2) is 36.4 Å². The molecule has 0 spiro atoms. The van der Waals surface area contributed by atoms with Crippen LogP contribution in [0, 0.1) is 11.6 Å². The largest absolute Gasteiger partial charge is 0.416 e. The van der Waals surface area contributed by atoms with Crippen LogP contribution in [0.3, 0.4) is 0 Å². The fraction of sp³-hybridized carbons (Fsp3) is 0.250. The Labute approximate surface area is 119 Å². The molecule has 0 atom stereocenters. The SMILES string of the molecule is CC(C)c1cc(C(F)(F)F)ccc1-c1ccc(F)cc1F. The van der Waals surface area contributed by atoms with Crippen LogP contribution in [0.4, 0.5) is 22.0 Å². The zero-order chi connectivity index (χ0) is 15.8. The van der Waals surface area contributed by atoms with Gasteiger partial charge in [0, 0.05) is 11.6 Å². The highest BCUT2D eigenvalue weighted by Crippen LogP contribution is 2.37. The van der Waals surface area contributed by atoms with Crippen molar-refractivity contribution in [2.75, 3.05) is 0 Å². The summed E-state index contributed by atoms with van der Waals surface area (Å²) in [5.74, 6) is -1.75. The lowest BCUT2D eigenvalue weighted by Gasteiger charge is -2.17. The molecular formula is C16H13F5. The Morgan fingerprint density at radius 2 is 1.48 bits per heavy atom. The first kappa shape index (κ1) is 15.5. The maximum Gasteiger partial charge on any atom is 0.416 e. The Kier molecular flexibility index (Phi) is 4.03. The van der Waals surface area contributed by atoms with Crippen molar-refractivity contribution < 1.29 is 22.0 Å². The van der Waals surface area contributed by atoms with E-state index in [0.717, 1.165) is 24.3 Å². The lowest BCUT2D eigenvalue weighted by atomic mass is 9.90. The molecule has 21 heavy (non-hydrogen) atoms. The van der Waals surface area contributed by atoms with Gasteiger partial charge in [-0.3, -0.25) is 0 Å². The minimum Gasteiger partial charge on any atom is -0.207 e. The van der Waals surface area contributed by atoms with E-state index in [-0.39, 0.29) is 11.5 Å². The van der Waals surface area contributed by atoms with E-state index < -0.39 is 23.4 Å². The Balaban J connectivity index is 2.63. The highest BCUT2D eigenvalue weighted by atomic mass is 19.4. The van der Waals surface area contributed by atoms with Crippen molar-refractivity contribution in [3.05, 3.63) is 59.2 Å². The molecule has 0 aromatic heterocycles. The smallest absolute Gasteiger partial charge is 0.207 e. The normalized spacial score (nSPS) is 12.0. The fourth-order valence-electron chi connectivity index (χ4n) is 2.17. The number of hydrogen-bond donors (Lipinski definition) is 0. The number of benzene rings is 2. The third-order valence-electron chi connectivity index (χ3n) is 3.22. The van der Waals surface area contributed by atoms with E-state index in [1.165, 1.54) is 12.1 Å². The number of halogens is 5. The average Bonchev–Trinajstić information content (AvgIpc) is 2.37. The van der Waals surface area contributed by atoms with Crippen molar-refractivity contribution in [3.63, 3.8) is 0 Å². The van der Waals surface area contributed by atoms with Crippen LogP contribution in [0.5, 0.6) is 0 Å². The number of rotatable bonds is 2. The fourth-order valence-corrected chi connectivity index (χ4v) is 2.17. The highest BCUT2D eigenvalue weighted by molar-refractivity contribution is 5.69. The Bertz CT molecular complexity index is 656. The standard InChI is InChI=1S/C16H13F5/c1-9(2)14-7-10(16(19,20)21)3-5-12(14)13-6-4-11(17)8-15(13)18/h3-9H,1-2H3. The summed E-state index contributed by atoms with van der Waals surface area (Å²) in [4.78, 5) is 0. The Morgan fingerprint density at radius 3 is 2.00 bits per heavy atom. The van der Waals surface area contributed by atoms with E-state index in [1.54, 1.807) is 13.8 Å². The van der Waals surface area contributed by atoms with Crippen molar-refractivity contribution in [1.82, 2.24) is 0 Å². The lowest BCUT2D eigenvalue weighted by molar-refractivity contribution is -0.137. The van der Waals surface area contributed by atoms with Gasteiger partial charge in [0.1, 0.15) is 11.6 Å². The third-order valence-corrected chi connectivity index (χ3v) is 3.22. The second-order valence-corrected chi connectivity index (χ2v) is 5.08. The summed E-state index contributed by atoms with van der Waals surface area (Å²) in [5.41, 5.74) is 0.0251. The summed E-state index contributed by atoms with van der Waals surface area (Å²) >= 11 is 0. The molecule has 2 aromatic rings. The molecule has 0 aliphatic carbocycles. The predicted octanol–water partition coefficient (Wildman–Crippen LogP) is 5.77. The molecule has 112 valence electrons. The zero-order valence-electron chi connectivity index (χ0n) is 11.4. The molecule has 5 heteroatoms. The first-order chi connectivity index (χ1) is 9.70. The van der Waals surface area contributed by atoms with Gasteiger partial charge in [-0.1, -0.05) is 19.9 Å². The molecule has 0 aliphatic heterocycles. The van der Waals surface area contributed by atoms with Crippen molar-refractivity contribution in [3.8, 4) is 11.1 Å². The summed E-state index contributed by atoms with van der Waals surface area (Å²) in [5, 5.41) is 0. The van der Waals surface area contributed by atoms with Gasteiger partial charge < -0.3 is 0 Å². The summed E-state index contributed by atoms with van der Waals surface area (Å²) in [6, 6.07) is 6.19. The third kappa shape index (κ3) is 3.23. The van der Waals surface area contributed by atoms with E-state index in [0.29, 0.717) is 11.1 Å². The maximum atomic E-state index is 13.9. The molecule has 0 saturated carbocycles. The topological polar surface area (TPSA) is 0 Å². The minimum atomic E-state index is -4.45. The maximum absolute atomic E-state index is 13.9. The van der Waals surface area contributed by atoms with Crippen LogP contribution in [0.2, 0.25) is 0 Å². The zero-order valence-corrected chi connectivity index (χ0v) is 11.4. The van der Waals surface area contributed by atoms with Gasteiger partial charge in [0.25, 0.3) is 0 Å². The quantitative estimate of drug-likeness (QED) is 0.617. The van der Waals surface area contributed by atoms with Gasteiger partial charge in [0.2, 0.25) is 0 Å². The molecule has 0 N–H and O–H groups in total. The minimum absolute atomic E-state index is 0.0915. The second-order valence-electron chi connectivity index (χ2n) is 5.08. The van der Waals surface area contributed by atoms with Crippen molar-refractivity contribution in [1.29, 1.82) is 0 Å². The van der Waals surface area contributed by atoms with Gasteiger partial charge in [0.05, 0.1) is 5.56 Å². The van der Waals surface area contributed by atoms with Crippen LogP contribution < -0.4 is 0 Å². The van der Waals surface area contributed by atoms with E-state index >= 15 is 0 Å². The molecule has 0 saturated heterocycles. The Hall–Kier alpha value is -1.91. The summed E-state index contributed by atoms with van der Waals surface area (Å²) < 4.78 is 65.1. The van der Waals surface area contributed by atoms with Gasteiger partial charge in [-0.25, -0.2) is 8.78 Å². The first-order valence-electron chi connectivity index (χ1n) is 6.36. The van der Waals surface area contributed by atoms with E-state index in [4.69, 9.17) is 0 Å². The van der Waals surface area contributed by atoms with Gasteiger partial charge in [0.15, 0.2) is 0 Å². The van der Waals surface area contributed by atoms with Gasteiger partial charge in [-0.05, 0) is 41.3 Å². The summed E-state index contributed by atoms with van der Waals surface area (Å²) in [7, 11) is 0. The van der Waals surface area contributed by atoms with Crippen LogP contribution in [-0.4, -0.2) is 0 Å². The molecule has 0 nitrogen and oxygen atoms in total. The molecule has 0 aliphatic rings. The molecule has 0 radical (unpaired) electrons. The monoisotopic (exact) mass is 300 g/mol. The van der Waals surface area contributed by atoms with E-state index in [2.05, 4.69) is 0 Å². The highest BCUT2D eigenvalue weighted by Gasteiger charge is 2.31. The molecule has 2 aromatic carbocycles. The van der Waals surface area contributed by atoms with Crippen LogP contribution in [0.25, 0.3) is 11.1 Å². The first-order valence-corrected chi connectivity index (χ1v) is 6.36. The molecule has 0 unspecified atom stereocenters. The molecule has 0 amide bonds. The predicted molar refractivity (Wildman–Crippen MR) is 70.9 cm³/mol.